The summed E-state index contributed by atoms with van der Waals surface area (Å²) in [6.07, 6.45) is 20.1. The van der Waals surface area contributed by atoms with E-state index in [-0.39, 0.29) is 6.10 Å². The fraction of sp³-hybridized carbons (Fsp3) is 0.647. The molecule has 0 aromatic carbocycles. The van der Waals surface area contributed by atoms with Crippen molar-refractivity contribution in [1.29, 1.82) is 0 Å². The Balaban J connectivity index is 2.02. The van der Waals surface area contributed by atoms with E-state index in [0.29, 0.717) is 0 Å². The van der Waals surface area contributed by atoms with Gasteiger partial charge in [0.1, 0.15) is 0 Å². The number of hydrogen-bond acceptors (Lipinski definition) is 1. The average molecular weight is 248 g/mol. The average Bonchev–Trinajstić information content (AvgIpc) is 3.07. The largest absolute Gasteiger partial charge is 0.389 e. The molecule has 102 valence electrons. The summed E-state index contributed by atoms with van der Waals surface area (Å²) in [5, 5.41) is 9.05. The molecule has 1 rings (SSSR count). The first-order chi connectivity index (χ1) is 8.74. The third-order valence-corrected chi connectivity index (χ3v) is 3.47. The molecule has 0 amide bonds. The Hall–Kier alpha value is -0.820. The Bertz CT molecular complexity index is 286. The zero-order valence-electron chi connectivity index (χ0n) is 11.9. The minimum atomic E-state index is -0.336. The molecule has 0 aromatic heterocycles. The van der Waals surface area contributed by atoms with E-state index in [1.165, 1.54) is 38.5 Å². The topological polar surface area (TPSA) is 20.2 Å². The summed E-state index contributed by atoms with van der Waals surface area (Å²) in [7, 11) is 0. The Kier molecular flexibility index (Phi) is 7.75. The van der Waals surface area contributed by atoms with Gasteiger partial charge in [0.2, 0.25) is 0 Å². The van der Waals surface area contributed by atoms with Crippen LogP contribution in [-0.4, -0.2) is 11.2 Å². The number of hydrogen-bond donors (Lipinski definition) is 1. The van der Waals surface area contributed by atoms with Gasteiger partial charge in [0.05, 0.1) is 6.10 Å². The Morgan fingerprint density at radius 3 is 2.50 bits per heavy atom. The molecule has 0 aliphatic heterocycles. The van der Waals surface area contributed by atoms with Crippen LogP contribution in [0, 0.1) is 11.8 Å². The molecule has 0 spiro atoms. The lowest BCUT2D eigenvalue weighted by Crippen LogP contribution is -1.90. The van der Waals surface area contributed by atoms with Crippen molar-refractivity contribution < 1.29 is 5.11 Å². The first kappa shape index (κ1) is 15.2. The zero-order valence-corrected chi connectivity index (χ0v) is 11.9. The van der Waals surface area contributed by atoms with Crippen molar-refractivity contribution in [3.8, 4) is 0 Å². The fourth-order valence-electron chi connectivity index (χ4n) is 2.16. The second-order valence-electron chi connectivity index (χ2n) is 5.39. The molecule has 0 aromatic rings. The van der Waals surface area contributed by atoms with Crippen LogP contribution in [0.5, 0.6) is 0 Å². The van der Waals surface area contributed by atoms with E-state index in [2.05, 4.69) is 31.2 Å². The van der Waals surface area contributed by atoms with Gasteiger partial charge in [-0.2, -0.15) is 0 Å². The Morgan fingerprint density at radius 2 is 1.83 bits per heavy atom. The van der Waals surface area contributed by atoms with Crippen molar-refractivity contribution in [3.05, 3.63) is 36.5 Å². The van der Waals surface area contributed by atoms with Gasteiger partial charge < -0.3 is 5.11 Å². The van der Waals surface area contributed by atoms with Crippen molar-refractivity contribution in [2.24, 2.45) is 11.8 Å². The highest BCUT2D eigenvalue weighted by Crippen LogP contribution is 2.44. The van der Waals surface area contributed by atoms with E-state index >= 15 is 0 Å². The summed E-state index contributed by atoms with van der Waals surface area (Å²) in [6.45, 7) is 4.01. The molecule has 0 unspecified atom stereocenters. The number of rotatable bonds is 9. The number of aliphatic hydroxyl groups is 1. The lowest BCUT2D eigenvalue weighted by atomic mass is 10.1. The lowest BCUT2D eigenvalue weighted by molar-refractivity contribution is 0.244. The van der Waals surface area contributed by atoms with Crippen LogP contribution in [-0.2, 0) is 0 Å². The van der Waals surface area contributed by atoms with Crippen molar-refractivity contribution in [3.63, 3.8) is 0 Å². The van der Waals surface area contributed by atoms with E-state index in [1.54, 1.807) is 13.0 Å². The molecule has 0 radical (unpaired) electrons. The predicted octanol–water partition coefficient (Wildman–Crippen LogP) is 4.64. The van der Waals surface area contributed by atoms with Crippen LogP contribution in [0.1, 0.15) is 52.4 Å². The van der Waals surface area contributed by atoms with Gasteiger partial charge >= 0.3 is 0 Å². The second-order valence-corrected chi connectivity index (χ2v) is 5.39. The molecule has 18 heavy (non-hydrogen) atoms. The van der Waals surface area contributed by atoms with E-state index in [1.807, 2.05) is 6.08 Å². The molecule has 1 aliphatic rings. The molecule has 1 nitrogen and oxygen atoms in total. The van der Waals surface area contributed by atoms with E-state index < -0.39 is 0 Å². The molecule has 1 saturated carbocycles. The highest BCUT2D eigenvalue weighted by atomic mass is 16.3. The van der Waals surface area contributed by atoms with Crippen LogP contribution in [0.4, 0.5) is 0 Å². The zero-order chi connectivity index (χ0) is 13.2. The van der Waals surface area contributed by atoms with Gasteiger partial charge in [-0.3, -0.25) is 0 Å². The maximum Gasteiger partial charge on any atom is 0.0695 e. The highest BCUT2D eigenvalue weighted by Gasteiger charge is 2.34. The second kappa shape index (κ2) is 9.16. The molecular formula is C17H28O. The molecule has 1 heteroatoms. The van der Waals surface area contributed by atoms with Gasteiger partial charge in [0.15, 0.2) is 0 Å². The van der Waals surface area contributed by atoms with Gasteiger partial charge in [-0.15, -0.1) is 0 Å². The predicted molar refractivity (Wildman–Crippen MR) is 79.5 cm³/mol. The third kappa shape index (κ3) is 7.50. The van der Waals surface area contributed by atoms with E-state index in [9.17, 15) is 0 Å². The van der Waals surface area contributed by atoms with Crippen LogP contribution in [0.25, 0.3) is 0 Å². The number of unbranched alkanes of at least 4 members (excludes halogenated alkanes) is 2. The summed E-state index contributed by atoms with van der Waals surface area (Å²) in [5.41, 5.74) is 0. The third-order valence-electron chi connectivity index (χ3n) is 3.47. The Labute approximate surface area is 112 Å². The van der Waals surface area contributed by atoms with Gasteiger partial charge in [-0.25, -0.2) is 0 Å². The normalized spacial score (nSPS) is 25.5. The quantitative estimate of drug-likeness (QED) is 0.358. The van der Waals surface area contributed by atoms with Crippen molar-refractivity contribution >= 4 is 0 Å². The van der Waals surface area contributed by atoms with Crippen molar-refractivity contribution in [2.75, 3.05) is 0 Å². The molecular weight excluding hydrogens is 220 g/mol. The van der Waals surface area contributed by atoms with Crippen molar-refractivity contribution in [1.82, 2.24) is 0 Å². The summed E-state index contributed by atoms with van der Waals surface area (Å²) in [5.74, 6) is 1.82. The molecule has 1 fully saturated rings. The highest BCUT2D eigenvalue weighted by molar-refractivity contribution is 5.06. The number of allylic oxidation sites excluding steroid dienone is 5. The monoisotopic (exact) mass is 248 g/mol. The molecule has 1 aliphatic carbocycles. The lowest BCUT2D eigenvalue weighted by Gasteiger charge is -1.93. The minimum absolute atomic E-state index is 0.336. The van der Waals surface area contributed by atoms with Crippen LogP contribution >= 0.6 is 0 Å². The van der Waals surface area contributed by atoms with Gasteiger partial charge in [-0.1, -0.05) is 56.2 Å². The van der Waals surface area contributed by atoms with Crippen LogP contribution in [0.15, 0.2) is 36.5 Å². The Morgan fingerprint density at radius 1 is 1.11 bits per heavy atom. The van der Waals surface area contributed by atoms with Crippen LogP contribution < -0.4 is 0 Å². The van der Waals surface area contributed by atoms with Gasteiger partial charge in [0.25, 0.3) is 0 Å². The van der Waals surface area contributed by atoms with Crippen LogP contribution in [0.2, 0.25) is 0 Å². The maximum absolute atomic E-state index is 9.05. The minimum Gasteiger partial charge on any atom is -0.389 e. The van der Waals surface area contributed by atoms with Gasteiger partial charge in [-0.05, 0) is 44.4 Å². The van der Waals surface area contributed by atoms with E-state index in [0.717, 1.165) is 11.8 Å². The summed E-state index contributed by atoms with van der Waals surface area (Å²) in [6, 6.07) is 0. The SMILES string of the molecule is CCCC/C=C\C[C@@H]1C[C@@H]1C/C=C\C=C\[C@H](C)O. The fourth-order valence-corrected chi connectivity index (χ4v) is 2.16. The molecule has 1 N–H and O–H groups in total. The first-order valence-electron chi connectivity index (χ1n) is 7.40. The summed E-state index contributed by atoms with van der Waals surface area (Å²) < 4.78 is 0. The maximum atomic E-state index is 9.05. The number of aliphatic hydroxyl groups excluding tert-OH is 1. The first-order valence-corrected chi connectivity index (χ1v) is 7.40. The molecule has 0 saturated heterocycles. The molecule has 3 atom stereocenters. The van der Waals surface area contributed by atoms with Crippen molar-refractivity contribution in [2.45, 2.75) is 58.5 Å². The van der Waals surface area contributed by atoms with Crippen LogP contribution in [0.3, 0.4) is 0 Å². The summed E-state index contributed by atoms with van der Waals surface area (Å²) >= 11 is 0. The standard InChI is InChI=1S/C17H28O/c1-3-4-5-6-9-12-16-14-17(16)13-10-7-8-11-15(2)18/h6-11,15-18H,3-5,12-14H2,1-2H3/b9-6-,10-7-,11-8+/t15-,16+,17-/m0/s1. The summed E-state index contributed by atoms with van der Waals surface area (Å²) in [4.78, 5) is 0. The van der Waals surface area contributed by atoms with E-state index in [4.69, 9.17) is 5.11 Å². The molecule has 0 bridgehead atoms. The molecule has 0 heterocycles. The van der Waals surface area contributed by atoms with Gasteiger partial charge in [0, 0.05) is 0 Å². The smallest absolute Gasteiger partial charge is 0.0695 e.